The Bertz CT molecular complexity index is 1030. The van der Waals surface area contributed by atoms with E-state index in [0.717, 1.165) is 72.6 Å². The molecule has 0 atom stereocenters. The highest BCUT2D eigenvalue weighted by Gasteiger charge is 2.35. The Morgan fingerprint density at radius 2 is 1.90 bits per heavy atom. The van der Waals surface area contributed by atoms with E-state index in [1.807, 2.05) is 17.0 Å². The van der Waals surface area contributed by atoms with Crippen LogP contribution in [0.5, 0.6) is 0 Å². The van der Waals surface area contributed by atoms with Crippen molar-refractivity contribution in [1.82, 2.24) is 4.90 Å². The minimum Gasteiger partial charge on any atom is -0.341 e. The Balaban J connectivity index is 1.56. The van der Waals surface area contributed by atoms with Crippen LogP contribution in [0, 0.1) is 6.92 Å². The molecule has 1 aromatic carbocycles. The summed E-state index contributed by atoms with van der Waals surface area (Å²) in [7, 11) is 0. The smallest absolute Gasteiger partial charge is 0.249 e. The van der Waals surface area contributed by atoms with E-state index in [4.69, 9.17) is 4.99 Å². The van der Waals surface area contributed by atoms with Crippen LogP contribution in [0.2, 0.25) is 0 Å². The zero-order valence-corrected chi connectivity index (χ0v) is 18.3. The number of amides is 2. The first-order chi connectivity index (χ1) is 14.6. The summed E-state index contributed by atoms with van der Waals surface area (Å²) >= 11 is 1.70. The third-order valence-corrected chi connectivity index (χ3v) is 7.78. The lowest BCUT2D eigenvalue weighted by Crippen LogP contribution is -2.45. The number of fused-ring (bicyclic) bond motifs is 3. The molecule has 5 nitrogen and oxygen atoms in total. The number of carbonyl (C=O) groups is 2. The number of hydrogen-bond acceptors (Lipinski definition) is 4. The van der Waals surface area contributed by atoms with Crippen molar-refractivity contribution in [2.75, 3.05) is 31.1 Å². The number of anilines is 1. The van der Waals surface area contributed by atoms with Crippen molar-refractivity contribution < 1.29 is 9.59 Å². The molecule has 5 rings (SSSR count). The summed E-state index contributed by atoms with van der Waals surface area (Å²) in [6, 6.07) is 8.25. The van der Waals surface area contributed by atoms with Crippen molar-refractivity contribution in [3.8, 4) is 0 Å². The van der Waals surface area contributed by atoms with Gasteiger partial charge in [-0.2, -0.15) is 0 Å². The fourth-order valence-electron chi connectivity index (χ4n) is 4.85. The predicted molar refractivity (Wildman–Crippen MR) is 121 cm³/mol. The maximum atomic E-state index is 13.1. The third-order valence-electron chi connectivity index (χ3n) is 6.46. The number of rotatable bonds is 3. The monoisotopic (exact) mass is 421 g/mol. The second-order valence-corrected chi connectivity index (χ2v) is 9.52. The van der Waals surface area contributed by atoms with E-state index < -0.39 is 0 Å². The summed E-state index contributed by atoms with van der Waals surface area (Å²) in [5.41, 5.74) is 5.60. The summed E-state index contributed by atoms with van der Waals surface area (Å²) < 4.78 is 0. The summed E-state index contributed by atoms with van der Waals surface area (Å²) in [5, 5.41) is 0.926. The first kappa shape index (κ1) is 19.5. The van der Waals surface area contributed by atoms with Gasteiger partial charge in [-0.3, -0.25) is 19.5 Å². The summed E-state index contributed by atoms with van der Waals surface area (Å²) in [6.45, 7) is 3.92. The zero-order chi connectivity index (χ0) is 20.7. The van der Waals surface area contributed by atoms with Gasteiger partial charge in [-0.15, -0.1) is 11.3 Å². The summed E-state index contributed by atoms with van der Waals surface area (Å²) in [6.07, 6.45) is 6.51. The van der Waals surface area contributed by atoms with Gasteiger partial charge < -0.3 is 4.90 Å². The number of aliphatic imine (C=N–C) groups is 1. The lowest BCUT2D eigenvalue weighted by Gasteiger charge is -2.29. The fraction of sp³-hybridized carbons (Fsp3) is 0.458. The molecule has 30 heavy (non-hydrogen) atoms. The van der Waals surface area contributed by atoms with Crippen LogP contribution < -0.4 is 4.90 Å². The topological polar surface area (TPSA) is 53.0 Å². The van der Waals surface area contributed by atoms with Crippen LogP contribution in [0.1, 0.15) is 52.8 Å². The summed E-state index contributed by atoms with van der Waals surface area (Å²) in [5.74, 6) is -0.0213. The number of nitrogens with zero attached hydrogens (tertiary/aromatic N) is 3. The molecule has 1 aromatic heterocycles. The average molecular weight is 422 g/mol. The third kappa shape index (κ3) is 3.37. The Hall–Kier alpha value is -2.47. The van der Waals surface area contributed by atoms with Crippen LogP contribution in [0.3, 0.4) is 0 Å². The first-order valence-electron chi connectivity index (χ1n) is 11.0. The Morgan fingerprint density at radius 3 is 2.70 bits per heavy atom. The quantitative estimate of drug-likeness (QED) is 0.758. The average Bonchev–Trinajstić information content (AvgIpc) is 3.32. The van der Waals surface area contributed by atoms with Crippen LogP contribution in [-0.4, -0.2) is 48.6 Å². The summed E-state index contributed by atoms with van der Waals surface area (Å²) in [4.78, 5) is 36.0. The highest BCUT2D eigenvalue weighted by Crippen LogP contribution is 2.43. The molecule has 0 bridgehead atoms. The maximum Gasteiger partial charge on any atom is 0.249 e. The lowest BCUT2D eigenvalue weighted by molar-refractivity contribution is -0.132. The van der Waals surface area contributed by atoms with Crippen molar-refractivity contribution >= 4 is 33.9 Å². The van der Waals surface area contributed by atoms with E-state index in [-0.39, 0.29) is 24.9 Å². The van der Waals surface area contributed by atoms with Gasteiger partial charge in [-0.25, -0.2) is 0 Å². The fourth-order valence-corrected chi connectivity index (χ4v) is 6.25. The van der Waals surface area contributed by atoms with E-state index in [1.165, 1.54) is 16.9 Å². The molecular weight excluding hydrogens is 394 g/mol. The van der Waals surface area contributed by atoms with Crippen LogP contribution in [-0.2, 0) is 22.4 Å². The van der Waals surface area contributed by atoms with Crippen molar-refractivity contribution in [2.24, 2.45) is 4.99 Å². The van der Waals surface area contributed by atoms with Crippen molar-refractivity contribution in [3.05, 3.63) is 51.4 Å². The van der Waals surface area contributed by atoms with Gasteiger partial charge in [0.15, 0.2) is 0 Å². The highest BCUT2D eigenvalue weighted by atomic mass is 32.1. The van der Waals surface area contributed by atoms with E-state index in [2.05, 4.69) is 19.1 Å². The van der Waals surface area contributed by atoms with Crippen LogP contribution in [0.25, 0.3) is 0 Å². The minimum atomic E-state index is -0.0786. The zero-order valence-electron chi connectivity index (χ0n) is 17.4. The number of piperidine rings is 1. The molecule has 156 valence electrons. The van der Waals surface area contributed by atoms with E-state index in [1.54, 1.807) is 16.2 Å². The molecule has 0 spiro atoms. The largest absolute Gasteiger partial charge is 0.341 e. The molecule has 0 unspecified atom stereocenters. The number of benzene rings is 1. The normalized spacial score (nSPS) is 18.7. The van der Waals surface area contributed by atoms with Crippen molar-refractivity contribution in [1.29, 1.82) is 0 Å². The molecule has 2 aromatic rings. The number of carbonyl (C=O) groups excluding carboxylic acids is 2. The molecule has 0 saturated carbocycles. The van der Waals surface area contributed by atoms with Gasteiger partial charge in [0, 0.05) is 29.1 Å². The minimum absolute atomic E-state index is 0.0573. The van der Waals surface area contributed by atoms with Gasteiger partial charge >= 0.3 is 0 Å². The van der Waals surface area contributed by atoms with Crippen LogP contribution in [0.4, 0.5) is 5.00 Å². The first-order valence-corrected chi connectivity index (χ1v) is 11.8. The Morgan fingerprint density at radius 1 is 1.10 bits per heavy atom. The van der Waals surface area contributed by atoms with E-state index >= 15 is 0 Å². The van der Waals surface area contributed by atoms with Crippen LogP contribution in [0.15, 0.2) is 29.3 Å². The molecular formula is C24H27N3O2S. The van der Waals surface area contributed by atoms with E-state index in [9.17, 15) is 9.59 Å². The van der Waals surface area contributed by atoms with Gasteiger partial charge in [0.05, 0.1) is 5.71 Å². The second-order valence-electron chi connectivity index (χ2n) is 8.44. The maximum absolute atomic E-state index is 13.1. The molecule has 1 saturated heterocycles. The molecule has 0 N–H and O–H groups in total. The van der Waals surface area contributed by atoms with Crippen LogP contribution >= 0.6 is 11.3 Å². The Kier molecular flexibility index (Phi) is 5.19. The molecule has 0 radical (unpaired) electrons. The van der Waals surface area contributed by atoms with Crippen molar-refractivity contribution in [3.63, 3.8) is 0 Å². The van der Waals surface area contributed by atoms with Gasteiger partial charge in [0.1, 0.15) is 18.1 Å². The van der Waals surface area contributed by atoms with E-state index in [0.29, 0.717) is 0 Å². The standard InChI is InChI=1S/C24H27N3O2S/c1-16-8-3-4-9-17(16)23-22-18-10-7-11-19(18)30-24(22)27(20(28)14-25-23)15-21(29)26-12-5-2-6-13-26/h3-4,8-9H,2,5-7,10-15H2,1H3. The van der Waals surface area contributed by atoms with Gasteiger partial charge in [-0.05, 0) is 56.6 Å². The van der Waals surface area contributed by atoms with Gasteiger partial charge in [0.25, 0.3) is 0 Å². The van der Waals surface area contributed by atoms with Gasteiger partial charge in [-0.1, -0.05) is 24.3 Å². The molecule has 2 aliphatic heterocycles. The number of likely N-dealkylation sites (tertiary alicyclic amines) is 1. The molecule has 1 aliphatic carbocycles. The number of aryl methyl sites for hydroxylation is 2. The lowest BCUT2D eigenvalue weighted by atomic mass is 9.96. The number of thiophene rings is 1. The van der Waals surface area contributed by atoms with Gasteiger partial charge in [0.2, 0.25) is 11.8 Å². The molecule has 3 heterocycles. The predicted octanol–water partition coefficient (Wildman–Crippen LogP) is 3.74. The molecule has 2 amide bonds. The van der Waals surface area contributed by atoms with Crippen molar-refractivity contribution in [2.45, 2.75) is 45.4 Å². The number of hydrogen-bond donors (Lipinski definition) is 0. The highest BCUT2D eigenvalue weighted by molar-refractivity contribution is 7.17. The molecule has 6 heteroatoms. The second kappa shape index (κ2) is 7.99. The molecule has 3 aliphatic rings. The SMILES string of the molecule is Cc1ccccc1C1=NCC(=O)N(CC(=O)N2CCCCC2)c2sc3c(c21)CCC3. The molecule has 1 fully saturated rings. The Labute approximate surface area is 181 Å².